The highest BCUT2D eigenvalue weighted by Gasteiger charge is 2.19. The van der Waals surface area contributed by atoms with Crippen molar-refractivity contribution in [3.8, 4) is 0 Å². The highest BCUT2D eigenvalue weighted by Crippen LogP contribution is 2.19. The molecule has 0 atom stereocenters. The number of aliphatic carboxylic acids is 1. The summed E-state index contributed by atoms with van der Waals surface area (Å²) in [5.74, 6) is -2.70. The highest BCUT2D eigenvalue weighted by molar-refractivity contribution is 5.94. The molecule has 102 valence electrons. The summed E-state index contributed by atoms with van der Waals surface area (Å²) in [4.78, 5) is 32.9. The summed E-state index contributed by atoms with van der Waals surface area (Å²) in [5.41, 5.74) is -0.863. The van der Waals surface area contributed by atoms with E-state index >= 15 is 0 Å². The molecule has 0 aromatic heterocycles. The van der Waals surface area contributed by atoms with E-state index in [9.17, 15) is 24.1 Å². The van der Waals surface area contributed by atoms with Crippen LogP contribution in [0.5, 0.6) is 0 Å². The second-order valence-corrected chi connectivity index (χ2v) is 3.79. The number of benzene rings is 1. The molecule has 19 heavy (non-hydrogen) atoms. The number of nitro groups is 1. The summed E-state index contributed by atoms with van der Waals surface area (Å²) in [6.45, 7) is -0.0423. The first-order chi connectivity index (χ1) is 8.82. The van der Waals surface area contributed by atoms with Crippen molar-refractivity contribution >= 4 is 17.6 Å². The zero-order valence-corrected chi connectivity index (χ0v) is 10.00. The van der Waals surface area contributed by atoms with Crippen molar-refractivity contribution in [3.63, 3.8) is 0 Å². The topological polar surface area (TPSA) is 101 Å². The Kier molecular flexibility index (Phi) is 4.51. The van der Waals surface area contributed by atoms with Crippen LogP contribution in [0.1, 0.15) is 16.8 Å². The van der Waals surface area contributed by atoms with E-state index in [2.05, 4.69) is 0 Å². The second kappa shape index (κ2) is 5.89. The zero-order valence-electron chi connectivity index (χ0n) is 10.00. The van der Waals surface area contributed by atoms with Crippen molar-refractivity contribution in [2.45, 2.75) is 6.42 Å². The van der Waals surface area contributed by atoms with Crippen LogP contribution in [0.4, 0.5) is 10.1 Å². The van der Waals surface area contributed by atoms with E-state index in [0.29, 0.717) is 0 Å². The fourth-order valence-corrected chi connectivity index (χ4v) is 1.37. The van der Waals surface area contributed by atoms with E-state index in [1.54, 1.807) is 0 Å². The van der Waals surface area contributed by atoms with E-state index in [-0.39, 0.29) is 18.5 Å². The first-order valence-corrected chi connectivity index (χ1v) is 5.24. The largest absolute Gasteiger partial charge is 0.481 e. The maximum Gasteiger partial charge on any atom is 0.305 e. The molecule has 0 bridgehead atoms. The van der Waals surface area contributed by atoms with Gasteiger partial charge in [-0.1, -0.05) is 0 Å². The average Bonchev–Trinajstić information content (AvgIpc) is 2.35. The van der Waals surface area contributed by atoms with Crippen LogP contribution in [0.3, 0.4) is 0 Å². The molecule has 1 N–H and O–H groups in total. The number of hydrogen-bond donors (Lipinski definition) is 1. The summed E-state index contributed by atoms with van der Waals surface area (Å²) in [7, 11) is 1.36. The summed E-state index contributed by atoms with van der Waals surface area (Å²) in [6.07, 6.45) is -0.245. The van der Waals surface area contributed by atoms with Crippen LogP contribution in [0, 0.1) is 15.9 Å². The van der Waals surface area contributed by atoms with Crippen LogP contribution < -0.4 is 0 Å². The Hall–Kier alpha value is -2.51. The van der Waals surface area contributed by atoms with Gasteiger partial charge in [0.25, 0.3) is 5.91 Å². The molecule has 0 fully saturated rings. The monoisotopic (exact) mass is 270 g/mol. The third-order valence-corrected chi connectivity index (χ3v) is 2.40. The first kappa shape index (κ1) is 14.6. The van der Waals surface area contributed by atoms with Gasteiger partial charge in [-0.05, 0) is 12.1 Å². The van der Waals surface area contributed by atoms with Gasteiger partial charge in [-0.15, -0.1) is 0 Å². The predicted molar refractivity (Wildman–Crippen MR) is 62.3 cm³/mol. The predicted octanol–water partition coefficient (Wildman–Crippen LogP) is 1.28. The fraction of sp³-hybridized carbons (Fsp3) is 0.273. The molecule has 1 rings (SSSR count). The third kappa shape index (κ3) is 3.73. The maximum atomic E-state index is 13.1. The minimum absolute atomic E-state index is 0.0423. The minimum atomic E-state index is -1.07. The Morgan fingerprint density at radius 1 is 1.47 bits per heavy atom. The summed E-state index contributed by atoms with van der Waals surface area (Å²) < 4.78 is 13.1. The van der Waals surface area contributed by atoms with Gasteiger partial charge in [-0.2, -0.15) is 4.39 Å². The van der Waals surface area contributed by atoms with Crippen molar-refractivity contribution in [1.82, 2.24) is 4.90 Å². The molecule has 0 saturated heterocycles. The van der Waals surface area contributed by atoms with Crippen LogP contribution in [-0.4, -0.2) is 40.4 Å². The molecule has 0 aliphatic carbocycles. The molecular formula is C11H11FN2O5. The van der Waals surface area contributed by atoms with Crippen LogP contribution >= 0.6 is 0 Å². The number of carbonyl (C=O) groups is 2. The van der Waals surface area contributed by atoms with Crippen molar-refractivity contribution < 1.29 is 24.0 Å². The van der Waals surface area contributed by atoms with E-state index in [1.165, 1.54) is 7.05 Å². The first-order valence-electron chi connectivity index (χ1n) is 5.24. The number of halogens is 1. The maximum absolute atomic E-state index is 13.1. The van der Waals surface area contributed by atoms with Gasteiger partial charge in [0, 0.05) is 25.2 Å². The molecule has 0 heterocycles. The minimum Gasteiger partial charge on any atom is -0.481 e. The van der Waals surface area contributed by atoms with Crippen molar-refractivity contribution in [3.05, 3.63) is 39.7 Å². The molecule has 1 aromatic carbocycles. The van der Waals surface area contributed by atoms with Gasteiger partial charge in [0.1, 0.15) is 0 Å². The Bertz CT molecular complexity index is 532. The Morgan fingerprint density at radius 3 is 2.63 bits per heavy atom. The Morgan fingerprint density at radius 2 is 2.11 bits per heavy atom. The molecule has 7 nitrogen and oxygen atoms in total. The number of carboxylic acid groups (broad SMARTS) is 1. The molecule has 0 aliphatic heterocycles. The van der Waals surface area contributed by atoms with Crippen molar-refractivity contribution in [2.75, 3.05) is 13.6 Å². The van der Waals surface area contributed by atoms with Gasteiger partial charge < -0.3 is 10.0 Å². The summed E-state index contributed by atoms with van der Waals surface area (Å²) in [5, 5.41) is 19.0. The number of hydrogen-bond acceptors (Lipinski definition) is 4. The van der Waals surface area contributed by atoms with E-state index in [1.807, 2.05) is 0 Å². The van der Waals surface area contributed by atoms with Gasteiger partial charge in [-0.3, -0.25) is 19.7 Å². The SMILES string of the molecule is CN(CCC(=O)O)C(=O)c1ccc(F)c([N+](=O)[O-])c1. The molecule has 0 radical (unpaired) electrons. The van der Waals surface area contributed by atoms with Crippen molar-refractivity contribution in [2.24, 2.45) is 0 Å². The van der Waals surface area contributed by atoms with Crippen molar-refractivity contribution in [1.29, 1.82) is 0 Å². The second-order valence-electron chi connectivity index (χ2n) is 3.79. The number of nitrogens with zero attached hydrogens (tertiary/aromatic N) is 2. The van der Waals surface area contributed by atoms with E-state index in [0.717, 1.165) is 23.1 Å². The lowest BCUT2D eigenvalue weighted by atomic mass is 10.1. The smallest absolute Gasteiger partial charge is 0.305 e. The average molecular weight is 270 g/mol. The van der Waals surface area contributed by atoms with E-state index < -0.39 is 28.3 Å². The molecule has 0 aliphatic rings. The number of carbonyl (C=O) groups excluding carboxylic acids is 1. The molecule has 1 amide bonds. The number of rotatable bonds is 5. The summed E-state index contributed by atoms with van der Waals surface area (Å²) >= 11 is 0. The molecule has 0 spiro atoms. The van der Waals surface area contributed by atoms with E-state index in [4.69, 9.17) is 5.11 Å². The molecule has 8 heteroatoms. The van der Waals surface area contributed by atoms with Crippen LogP contribution in [0.25, 0.3) is 0 Å². The molecule has 1 aromatic rings. The van der Waals surface area contributed by atoms with Crippen LogP contribution in [0.15, 0.2) is 18.2 Å². The molecular weight excluding hydrogens is 259 g/mol. The normalized spacial score (nSPS) is 10.0. The third-order valence-electron chi connectivity index (χ3n) is 2.40. The number of nitro benzene ring substituents is 1. The number of carboxylic acids is 1. The van der Waals surface area contributed by atoms with Gasteiger partial charge in [-0.25, -0.2) is 0 Å². The van der Waals surface area contributed by atoms with Gasteiger partial charge >= 0.3 is 11.7 Å². The highest BCUT2D eigenvalue weighted by atomic mass is 19.1. The lowest BCUT2D eigenvalue weighted by molar-refractivity contribution is -0.387. The molecule has 0 unspecified atom stereocenters. The molecule has 0 saturated carbocycles. The standard InChI is InChI=1S/C11H11FN2O5/c1-13(5-4-10(15)16)11(17)7-2-3-8(12)9(6-7)14(18)19/h2-3,6H,4-5H2,1H3,(H,15,16). The van der Waals surface area contributed by atoms with Crippen LogP contribution in [0.2, 0.25) is 0 Å². The summed E-state index contributed by atoms with van der Waals surface area (Å²) in [6, 6.07) is 2.77. The zero-order chi connectivity index (χ0) is 14.6. The van der Waals surface area contributed by atoms with Crippen LogP contribution in [-0.2, 0) is 4.79 Å². The Balaban J connectivity index is 2.91. The number of amides is 1. The Labute approximate surface area is 107 Å². The fourth-order valence-electron chi connectivity index (χ4n) is 1.37. The van der Waals surface area contributed by atoms with Gasteiger partial charge in [0.15, 0.2) is 0 Å². The lowest BCUT2D eigenvalue weighted by Crippen LogP contribution is -2.29. The van der Waals surface area contributed by atoms with Gasteiger partial charge in [0.2, 0.25) is 5.82 Å². The quantitative estimate of drug-likeness (QED) is 0.641. The van der Waals surface area contributed by atoms with Gasteiger partial charge in [0.05, 0.1) is 11.3 Å². The lowest BCUT2D eigenvalue weighted by Gasteiger charge is -2.15.